The van der Waals surface area contributed by atoms with E-state index in [0.29, 0.717) is 23.9 Å². The van der Waals surface area contributed by atoms with Crippen LogP contribution in [-0.2, 0) is 0 Å². The molecule has 39 heavy (non-hydrogen) atoms. The molecule has 2 saturated heterocycles. The molecule has 0 atom stereocenters. The van der Waals surface area contributed by atoms with Gasteiger partial charge in [0.15, 0.2) is 5.65 Å². The molecule has 6 heterocycles. The lowest BCUT2D eigenvalue weighted by Crippen LogP contribution is -2.26. The summed E-state index contributed by atoms with van der Waals surface area (Å²) in [6, 6.07) is 9.19. The van der Waals surface area contributed by atoms with Gasteiger partial charge in [0, 0.05) is 41.3 Å². The molecule has 9 heteroatoms. The lowest BCUT2D eigenvalue weighted by molar-refractivity contribution is 0.237. The molecule has 200 valence electrons. The van der Waals surface area contributed by atoms with Crippen molar-refractivity contribution in [3.8, 4) is 28.3 Å². The fourth-order valence-corrected chi connectivity index (χ4v) is 6.02. The number of piperidine rings is 1. The van der Waals surface area contributed by atoms with E-state index in [4.69, 9.17) is 4.74 Å². The second-order valence-corrected chi connectivity index (χ2v) is 10.7. The minimum atomic E-state index is -0.326. The van der Waals surface area contributed by atoms with Crippen LogP contribution >= 0.6 is 0 Å². The molecule has 2 aliphatic rings. The molecular formula is C30H32FN7O. The average molecular weight is 526 g/mol. The van der Waals surface area contributed by atoms with Crippen molar-refractivity contribution in [2.45, 2.75) is 31.6 Å². The Bertz CT molecular complexity index is 1610. The fourth-order valence-electron chi connectivity index (χ4n) is 6.02. The van der Waals surface area contributed by atoms with E-state index in [-0.39, 0.29) is 5.82 Å². The Morgan fingerprint density at radius 1 is 0.974 bits per heavy atom. The van der Waals surface area contributed by atoms with Gasteiger partial charge in [-0.3, -0.25) is 15.0 Å². The van der Waals surface area contributed by atoms with Gasteiger partial charge in [-0.15, -0.1) is 0 Å². The maximum atomic E-state index is 14.7. The number of pyridine rings is 2. The molecule has 2 aliphatic heterocycles. The zero-order valence-electron chi connectivity index (χ0n) is 21.8. The number of rotatable bonds is 7. The number of likely N-dealkylation sites (tertiary alicyclic amines) is 1. The van der Waals surface area contributed by atoms with Crippen molar-refractivity contribution < 1.29 is 9.13 Å². The molecule has 0 amide bonds. The SMILES string of the molecule is Fc1cc(OCCN2CCCC2)cc(-c2cncc3[nH]c(-c4[nH]nc5ncc(C6CCNCC6)cc45)cc23)c1. The molecule has 0 spiro atoms. The van der Waals surface area contributed by atoms with Crippen LogP contribution in [0.3, 0.4) is 0 Å². The van der Waals surface area contributed by atoms with Gasteiger partial charge in [0.25, 0.3) is 0 Å². The Kier molecular flexibility index (Phi) is 6.46. The maximum Gasteiger partial charge on any atom is 0.181 e. The van der Waals surface area contributed by atoms with Gasteiger partial charge >= 0.3 is 0 Å². The predicted molar refractivity (Wildman–Crippen MR) is 150 cm³/mol. The molecule has 2 fully saturated rings. The van der Waals surface area contributed by atoms with Crippen LogP contribution in [0.4, 0.5) is 4.39 Å². The molecule has 0 unspecified atom stereocenters. The van der Waals surface area contributed by atoms with Crippen LogP contribution < -0.4 is 10.1 Å². The first-order chi connectivity index (χ1) is 19.2. The summed E-state index contributed by atoms with van der Waals surface area (Å²) in [7, 11) is 0. The highest BCUT2D eigenvalue weighted by molar-refractivity contribution is 6.00. The number of benzene rings is 1. The van der Waals surface area contributed by atoms with Crippen molar-refractivity contribution in [2.75, 3.05) is 39.3 Å². The van der Waals surface area contributed by atoms with Gasteiger partial charge in [-0.2, -0.15) is 5.10 Å². The van der Waals surface area contributed by atoms with Gasteiger partial charge in [-0.1, -0.05) is 0 Å². The van der Waals surface area contributed by atoms with Crippen molar-refractivity contribution in [1.29, 1.82) is 0 Å². The van der Waals surface area contributed by atoms with Crippen LogP contribution in [-0.4, -0.2) is 69.4 Å². The smallest absolute Gasteiger partial charge is 0.181 e. The highest BCUT2D eigenvalue weighted by Gasteiger charge is 2.19. The van der Waals surface area contributed by atoms with E-state index in [2.05, 4.69) is 47.5 Å². The Labute approximate surface area is 226 Å². The number of nitrogens with one attached hydrogen (secondary N) is 3. The average Bonchev–Trinajstić information content (AvgIpc) is 3.72. The summed E-state index contributed by atoms with van der Waals surface area (Å²) < 4.78 is 20.7. The van der Waals surface area contributed by atoms with Gasteiger partial charge in [-0.25, -0.2) is 9.37 Å². The first kappa shape index (κ1) is 24.2. The minimum absolute atomic E-state index is 0.326. The number of nitrogens with zero attached hydrogens (tertiary/aromatic N) is 4. The third-order valence-electron chi connectivity index (χ3n) is 8.11. The molecule has 4 aromatic heterocycles. The Hall–Kier alpha value is -3.82. The second-order valence-electron chi connectivity index (χ2n) is 10.7. The molecule has 5 aromatic rings. The van der Waals surface area contributed by atoms with Gasteiger partial charge in [0.2, 0.25) is 0 Å². The summed E-state index contributed by atoms with van der Waals surface area (Å²) in [5, 5.41) is 13.0. The monoisotopic (exact) mass is 525 g/mol. The molecule has 8 nitrogen and oxygen atoms in total. The van der Waals surface area contributed by atoms with Crippen LogP contribution in [0.2, 0.25) is 0 Å². The van der Waals surface area contributed by atoms with E-state index >= 15 is 0 Å². The van der Waals surface area contributed by atoms with Crippen LogP contribution in [0.15, 0.2) is 48.9 Å². The topological polar surface area (TPSA) is 94.8 Å². The van der Waals surface area contributed by atoms with Crippen LogP contribution in [0, 0.1) is 5.82 Å². The van der Waals surface area contributed by atoms with E-state index < -0.39 is 0 Å². The number of aromatic amines is 2. The van der Waals surface area contributed by atoms with Gasteiger partial charge in [-0.05, 0) is 93.2 Å². The summed E-state index contributed by atoms with van der Waals surface area (Å²) in [6.07, 6.45) is 10.2. The molecule has 3 N–H and O–H groups in total. The number of fused-ring (bicyclic) bond motifs is 2. The van der Waals surface area contributed by atoms with Crippen molar-refractivity contribution >= 4 is 21.9 Å². The van der Waals surface area contributed by atoms with Crippen molar-refractivity contribution in [2.24, 2.45) is 0 Å². The van der Waals surface area contributed by atoms with Crippen LogP contribution in [0.25, 0.3) is 44.5 Å². The zero-order valence-corrected chi connectivity index (χ0v) is 21.8. The lowest BCUT2D eigenvalue weighted by atomic mass is 9.91. The number of H-pyrrole nitrogens is 2. The molecule has 7 rings (SSSR count). The molecule has 0 saturated carbocycles. The highest BCUT2D eigenvalue weighted by Crippen LogP contribution is 2.36. The Balaban J connectivity index is 1.20. The number of ether oxygens (including phenoxy) is 1. The van der Waals surface area contributed by atoms with Gasteiger partial charge in [0.05, 0.1) is 23.1 Å². The Morgan fingerprint density at radius 3 is 2.72 bits per heavy atom. The minimum Gasteiger partial charge on any atom is -0.492 e. The van der Waals surface area contributed by atoms with Crippen molar-refractivity contribution in [3.05, 3.63) is 60.3 Å². The number of aromatic nitrogens is 5. The molecule has 0 radical (unpaired) electrons. The first-order valence-electron chi connectivity index (χ1n) is 13.9. The summed E-state index contributed by atoms with van der Waals surface area (Å²) in [4.78, 5) is 15.0. The molecule has 0 bridgehead atoms. The maximum absolute atomic E-state index is 14.7. The number of hydrogen-bond acceptors (Lipinski definition) is 6. The van der Waals surface area contributed by atoms with Crippen molar-refractivity contribution in [1.82, 2.24) is 35.4 Å². The Morgan fingerprint density at radius 2 is 1.85 bits per heavy atom. The predicted octanol–water partition coefficient (Wildman–Crippen LogP) is 5.25. The summed E-state index contributed by atoms with van der Waals surface area (Å²) in [6.45, 7) is 5.69. The first-order valence-corrected chi connectivity index (χ1v) is 13.9. The van der Waals surface area contributed by atoms with Gasteiger partial charge < -0.3 is 15.0 Å². The summed E-state index contributed by atoms with van der Waals surface area (Å²) in [5.41, 5.74) is 6.18. The van der Waals surface area contributed by atoms with E-state index in [0.717, 1.165) is 84.4 Å². The molecule has 0 aliphatic carbocycles. The van der Waals surface area contributed by atoms with Gasteiger partial charge in [0.1, 0.15) is 18.2 Å². The van der Waals surface area contributed by atoms with E-state index in [1.54, 1.807) is 12.4 Å². The fraction of sp³-hybridized carbons (Fsp3) is 0.367. The normalized spacial score (nSPS) is 16.9. The molecular weight excluding hydrogens is 493 g/mol. The van der Waals surface area contributed by atoms with Crippen LogP contribution in [0.5, 0.6) is 5.75 Å². The second kappa shape index (κ2) is 10.4. The van der Waals surface area contributed by atoms with Crippen LogP contribution in [0.1, 0.15) is 37.2 Å². The standard InChI is InChI=1S/C30H32FN7O/c31-22-11-20(12-23(14-22)39-10-9-38-7-1-2-8-38)26-17-33-18-28-24(26)15-27(35-28)29-25-13-21(16-34-30(25)37-36-29)19-3-5-32-6-4-19/h11-19,32,35H,1-10H2,(H,34,36,37). The highest BCUT2D eigenvalue weighted by atomic mass is 19.1. The number of halogens is 1. The largest absolute Gasteiger partial charge is 0.492 e. The van der Waals surface area contributed by atoms with E-state index in [9.17, 15) is 4.39 Å². The quantitative estimate of drug-likeness (QED) is 0.269. The van der Waals surface area contributed by atoms with E-state index in [1.165, 1.54) is 30.5 Å². The third kappa shape index (κ3) is 4.88. The number of hydrogen-bond donors (Lipinski definition) is 3. The summed E-state index contributed by atoms with van der Waals surface area (Å²) in [5.74, 6) is 0.713. The molecule has 1 aromatic carbocycles. The summed E-state index contributed by atoms with van der Waals surface area (Å²) >= 11 is 0. The lowest BCUT2D eigenvalue weighted by Gasteiger charge is -2.22. The van der Waals surface area contributed by atoms with Crippen molar-refractivity contribution in [3.63, 3.8) is 0 Å². The van der Waals surface area contributed by atoms with E-state index in [1.807, 2.05) is 12.3 Å². The zero-order chi connectivity index (χ0) is 26.2. The third-order valence-corrected chi connectivity index (χ3v) is 8.11.